The average Bonchev–Trinajstić information content (AvgIpc) is 3.03. The van der Waals surface area contributed by atoms with Gasteiger partial charge in [0.1, 0.15) is 11.3 Å². The van der Waals surface area contributed by atoms with Gasteiger partial charge < -0.3 is 24.6 Å². The molecule has 2 aliphatic rings. The standard InChI is InChI=1S/C36H36ClN3O5/c37-27-10-8-24(9-11-27)19-28(38-36(44)34-22-32(42)30-13-12-29(41)21-33(30)45-34)20-25-14-17-39(18-15-25)31-6-2-1-5-26(31)23-40-16-4-3-7-35(40)43/h1-2,5-6,8-13,20-22,28,41H,3-4,7,14-19,23H2,(H,38,44)/t28-/m1/s1. The molecule has 2 N–H and O–H groups in total. The van der Waals surface area contributed by atoms with Crippen LogP contribution in [-0.4, -0.2) is 47.5 Å². The van der Waals surface area contributed by atoms with Gasteiger partial charge in [-0.2, -0.15) is 0 Å². The Morgan fingerprint density at radius 2 is 1.73 bits per heavy atom. The van der Waals surface area contributed by atoms with Crippen molar-refractivity contribution in [3.05, 3.63) is 117 Å². The van der Waals surface area contributed by atoms with Crippen molar-refractivity contribution >= 4 is 40.1 Å². The Balaban J connectivity index is 1.19. The van der Waals surface area contributed by atoms with E-state index in [2.05, 4.69) is 28.4 Å². The van der Waals surface area contributed by atoms with E-state index in [1.807, 2.05) is 41.3 Å². The van der Waals surface area contributed by atoms with Crippen LogP contribution in [0.3, 0.4) is 0 Å². The van der Waals surface area contributed by atoms with Crippen molar-refractivity contribution in [2.24, 2.45) is 0 Å². The predicted molar refractivity (Wildman–Crippen MR) is 176 cm³/mol. The fraction of sp³-hybridized carbons (Fsp3) is 0.306. The molecule has 0 radical (unpaired) electrons. The molecule has 1 aromatic heterocycles. The van der Waals surface area contributed by atoms with Gasteiger partial charge in [0.05, 0.1) is 11.4 Å². The third kappa shape index (κ3) is 7.40. The Hall–Kier alpha value is -4.56. The van der Waals surface area contributed by atoms with E-state index >= 15 is 0 Å². The molecular formula is C36H36ClN3O5. The van der Waals surface area contributed by atoms with Crippen LogP contribution >= 0.6 is 11.6 Å². The zero-order valence-corrected chi connectivity index (χ0v) is 25.8. The third-order valence-corrected chi connectivity index (χ3v) is 8.83. The first kappa shape index (κ1) is 30.5. The first-order valence-corrected chi connectivity index (χ1v) is 15.8. The van der Waals surface area contributed by atoms with Crippen LogP contribution in [0, 0.1) is 0 Å². The smallest absolute Gasteiger partial charge is 0.287 e. The van der Waals surface area contributed by atoms with Crippen LogP contribution in [0.4, 0.5) is 5.69 Å². The molecule has 2 amide bonds. The van der Waals surface area contributed by atoms with Crippen molar-refractivity contribution < 1.29 is 19.1 Å². The van der Waals surface area contributed by atoms with Crippen LogP contribution in [0.25, 0.3) is 11.0 Å². The van der Waals surface area contributed by atoms with Gasteiger partial charge >= 0.3 is 0 Å². The lowest BCUT2D eigenvalue weighted by Crippen LogP contribution is -2.37. The molecule has 2 fully saturated rings. The van der Waals surface area contributed by atoms with E-state index < -0.39 is 5.91 Å². The van der Waals surface area contributed by atoms with Crippen LogP contribution < -0.4 is 15.6 Å². The quantitative estimate of drug-likeness (QED) is 0.225. The molecular weight excluding hydrogens is 590 g/mol. The minimum Gasteiger partial charge on any atom is -0.508 e. The summed E-state index contributed by atoms with van der Waals surface area (Å²) in [6.45, 7) is 3.09. The summed E-state index contributed by atoms with van der Waals surface area (Å²) in [7, 11) is 0. The number of amides is 2. The summed E-state index contributed by atoms with van der Waals surface area (Å²) in [4.78, 5) is 42.9. The maximum Gasteiger partial charge on any atom is 0.287 e. The molecule has 1 atom stereocenters. The number of carbonyl (C=O) groups excluding carboxylic acids is 2. The van der Waals surface area contributed by atoms with E-state index in [0.29, 0.717) is 29.8 Å². The molecule has 2 saturated heterocycles. The third-order valence-electron chi connectivity index (χ3n) is 8.58. The fourth-order valence-electron chi connectivity index (χ4n) is 6.19. The number of piperidine rings is 2. The van der Waals surface area contributed by atoms with Gasteiger partial charge in [-0.05, 0) is 73.6 Å². The summed E-state index contributed by atoms with van der Waals surface area (Å²) in [5, 5.41) is 13.8. The number of phenolic OH excluding ortho intramolecular Hbond substituents is 1. The first-order valence-electron chi connectivity index (χ1n) is 15.4. The normalized spacial score (nSPS) is 16.1. The van der Waals surface area contributed by atoms with Crippen LogP contribution in [0.2, 0.25) is 5.02 Å². The Kier molecular flexibility index (Phi) is 9.21. The molecule has 3 aromatic carbocycles. The highest BCUT2D eigenvalue weighted by Crippen LogP contribution is 2.29. The number of anilines is 1. The summed E-state index contributed by atoms with van der Waals surface area (Å²) < 4.78 is 5.74. The molecule has 4 aromatic rings. The number of fused-ring (bicyclic) bond motifs is 1. The summed E-state index contributed by atoms with van der Waals surface area (Å²) in [5.74, 6) is -0.444. The van der Waals surface area contributed by atoms with Crippen LogP contribution in [0.1, 0.15) is 53.8 Å². The van der Waals surface area contributed by atoms with Crippen LogP contribution in [-0.2, 0) is 17.8 Å². The van der Waals surface area contributed by atoms with Crippen molar-refractivity contribution in [1.82, 2.24) is 10.2 Å². The lowest BCUT2D eigenvalue weighted by Gasteiger charge is -2.34. The number of nitrogens with zero attached hydrogens (tertiary/aromatic N) is 2. The summed E-state index contributed by atoms with van der Waals surface area (Å²) in [6, 6.07) is 20.9. The maximum atomic E-state index is 13.4. The highest BCUT2D eigenvalue weighted by Gasteiger charge is 2.23. The van der Waals surface area contributed by atoms with Crippen molar-refractivity contribution in [3.63, 3.8) is 0 Å². The van der Waals surface area contributed by atoms with E-state index in [0.717, 1.165) is 50.9 Å². The van der Waals surface area contributed by atoms with Gasteiger partial charge in [-0.15, -0.1) is 0 Å². The summed E-state index contributed by atoms with van der Waals surface area (Å²) in [5.41, 5.74) is 4.37. The molecule has 3 heterocycles. The number of carbonyl (C=O) groups is 2. The van der Waals surface area contributed by atoms with E-state index in [4.69, 9.17) is 16.0 Å². The highest BCUT2D eigenvalue weighted by atomic mass is 35.5. The number of halogens is 1. The Labute approximate surface area is 266 Å². The summed E-state index contributed by atoms with van der Waals surface area (Å²) in [6.07, 6.45) is 6.95. The van der Waals surface area contributed by atoms with Gasteiger partial charge in [-0.3, -0.25) is 14.4 Å². The molecule has 0 unspecified atom stereocenters. The van der Waals surface area contributed by atoms with Gasteiger partial charge in [-0.1, -0.05) is 53.6 Å². The lowest BCUT2D eigenvalue weighted by molar-refractivity contribution is -0.133. The monoisotopic (exact) mass is 625 g/mol. The van der Waals surface area contributed by atoms with Crippen LogP contribution in [0.5, 0.6) is 5.75 Å². The number of nitrogens with one attached hydrogen (secondary N) is 1. The van der Waals surface area contributed by atoms with E-state index in [1.165, 1.54) is 41.1 Å². The number of benzene rings is 3. The van der Waals surface area contributed by atoms with Gasteiger partial charge in [0.2, 0.25) is 5.91 Å². The Morgan fingerprint density at radius 1 is 0.956 bits per heavy atom. The lowest BCUT2D eigenvalue weighted by atomic mass is 9.97. The first-order chi connectivity index (χ1) is 21.8. The average molecular weight is 626 g/mol. The highest BCUT2D eigenvalue weighted by molar-refractivity contribution is 6.30. The second-order valence-corrected chi connectivity index (χ2v) is 12.2. The zero-order chi connectivity index (χ0) is 31.3. The van der Waals surface area contributed by atoms with Crippen LogP contribution in [0.15, 0.2) is 93.7 Å². The number of hydrogen-bond acceptors (Lipinski definition) is 6. The summed E-state index contributed by atoms with van der Waals surface area (Å²) >= 11 is 6.11. The SMILES string of the molecule is O=C(N[C@@H](C=C1CCN(c2ccccc2CN2CCCCC2=O)CC1)Cc1ccc(Cl)cc1)c1cc(=O)c2ccc(O)cc2o1. The minimum atomic E-state index is -0.508. The molecule has 9 heteroatoms. The number of likely N-dealkylation sites (tertiary alicyclic amines) is 1. The van der Waals surface area contributed by atoms with Gasteiger partial charge in [0.25, 0.3) is 5.91 Å². The number of para-hydroxylation sites is 1. The minimum absolute atomic E-state index is 0.0532. The number of aromatic hydroxyl groups is 1. The van der Waals surface area contributed by atoms with Gasteiger partial charge in [0, 0.05) is 55.4 Å². The van der Waals surface area contributed by atoms with Crippen molar-refractivity contribution in [2.75, 3.05) is 24.5 Å². The Morgan fingerprint density at radius 3 is 2.51 bits per heavy atom. The van der Waals surface area contributed by atoms with E-state index in [-0.39, 0.29) is 34.5 Å². The van der Waals surface area contributed by atoms with E-state index in [9.17, 15) is 19.5 Å². The van der Waals surface area contributed by atoms with Gasteiger partial charge in [0.15, 0.2) is 11.2 Å². The number of phenols is 1. The molecule has 2 aliphatic heterocycles. The molecule has 0 saturated carbocycles. The molecule has 0 spiro atoms. The van der Waals surface area contributed by atoms with Crippen molar-refractivity contribution in [3.8, 4) is 5.75 Å². The largest absolute Gasteiger partial charge is 0.508 e. The number of rotatable bonds is 8. The molecule has 8 nitrogen and oxygen atoms in total. The van der Waals surface area contributed by atoms with E-state index in [1.54, 1.807) is 0 Å². The molecule has 0 bridgehead atoms. The molecule has 232 valence electrons. The van der Waals surface area contributed by atoms with Gasteiger partial charge in [-0.25, -0.2) is 0 Å². The maximum absolute atomic E-state index is 13.4. The molecule has 45 heavy (non-hydrogen) atoms. The Bertz CT molecular complexity index is 1790. The second kappa shape index (κ2) is 13.6. The predicted octanol–water partition coefficient (Wildman–Crippen LogP) is 6.23. The molecule has 6 rings (SSSR count). The van der Waals surface area contributed by atoms with Crippen molar-refractivity contribution in [2.45, 2.75) is 51.1 Å². The second-order valence-electron chi connectivity index (χ2n) is 11.8. The van der Waals surface area contributed by atoms with Crippen molar-refractivity contribution in [1.29, 1.82) is 0 Å². The zero-order valence-electron chi connectivity index (χ0n) is 25.0. The topological polar surface area (TPSA) is 103 Å². The molecule has 0 aliphatic carbocycles. The number of hydrogen-bond donors (Lipinski definition) is 2. The fourth-order valence-corrected chi connectivity index (χ4v) is 6.32.